The summed E-state index contributed by atoms with van der Waals surface area (Å²) in [6.45, 7) is 5.56. The van der Waals surface area contributed by atoms with E-state index in [0.29, 0.717) is 18.9 Å². The summed E-state index contributed by atoms with van der Waals surface area (Å²) in [6, 6.07) is 0.228. The number of anilines is 1. The first-order valence-corrected chi connectivity index (χ1v) is 10.4. The molecule has 0 aromatic carbocycles. The Bertz CT molecular complexity index is 1230. The van der Waals surface area contributed by atoms with Crippen LogP contribution in [0.1, 0.15) is 35.2 Å². The van der Waals surface area contributed by atoms with Gasteiger partial charge in [0.15, 0.2) is 0 Å². The highest BCUT2D eigenvalue weighted by Gasteiger charge is 2.47. The monoisotopic (exact) mass is 473 g/mol. The van der Waals surface area contributed by atoms with Gasteiger partial charge in [0.25, 0.3) is 5.91 Å². The van der Waals surface area contributed by atoms with Gasteiger partial charge in [0.05, 0.1) is 37.3 Å². The molecule has 1 aliphatic rings. The summed E-state index contributed by atoms with van der Waals surface area (Å²) in [5, 5.41) is 22.8. The second-order valence-electron chi connectivity index (χ2n) is 8.38. The zero-order valence-electron chi connectivity index (χ0n) is 18.7. The predicted molar refractivity (Wildman–Crippen MR) is 115 cm³/mol. The first-order chi connectivity index (χ1) is 16.1. The molecule has 0 spiro atoms. The SMILES string of the molecule is Cc1[nH]ncc1-c1cnn(C2(CC#N)CN(c3cnc(C(=O)N[C@@H](C)C(F)(F)F)cn3)C2)c1C. The summed E-state index contributed by atoms with van der Waals surface area (Å²) in [5.74, 6) is -0.509. The number of rotatable bonds is 6. The molecule has 178 valence electrons. The summed E-state index contributed by atoms with van der Waals surface area (Å²) in [5.41, 5.74) is 2.88. The molecular formula is C21H22F3N9O. The third-order valence-electron chi connectivity index (χ3n) is 5.99. The lowest BCUT2D eigenvalue weighted by atomic mass is 9.86. The van der Waals surface area contributed by atoms with E-state index in [1.165, 1.54) is 6.20 Å². The third-order valence-corrected chi connectivity index (χ3v) is 5.99. The van der Waals surface area contributed by atoms with Crippen LogP contribution in [0.4, 0.5) is 19.0 Å². The molecule has 1 saturated heterocycles. The van der Waals surface area contributed by atoms with Crippen molar-refractivity contribution >= 4 is 11.7 Å². The number of aromatic nitrogens is 6. The molecule has 10 nitrogen and oxygen atoms in total. The Hall–Kier alpha value is -3.95. The molecule has 2 N–H and O–H groups in total. The van der Waals surface area contributed by atoms with Crippen molar-refractivity contribution in [2.45, 2.75) is 44.9 Å². The van der Waals surface area contributed by atoms with Crippen molar-refractivity contribution in [2.24, 2.45) is 0 Å². The van der Waals surface area contributed by atoms with Crippen molar-refractivity contribution in [3.63, 3.8) is 0 Å². The number of nitrogens with one attached hydrogen (secondary N) is 2. The van der Waals surface area contributed by atoms with Crippen molar-refractivity contribution in [1.82, 2.24) is 35.3 Å². The number of carbonyl (C=O) groups is 1. The molecule has 13 heteroatoms. The molecule has 0 saturated carbocycles. The van der Waals surface area contributed by atoms with Crippen LogP contribution < -0.4 is 10.2 Å². The number of carbonyl (C=O) groups excluding carboxylic acids is 1. The van der Waals surface area contributed by atoms with E-state index in [-0.39, 0.29) is 12.1 Å². The molecular weight excluding hydrogens is 451 g/mol. The first-order valence-electron chi connectivity index (χ1n) is 10.4. The fourth-order valence-electron chi connectivity index (χ4n) is 4.02. The van der Waals surface area contributed by atoms with Crippen molar-refractivity contribution < 1.29 is 18.0 Å². The average molecular weight is 473 g/mol. The van der Waals surface area contributed by atoms with Crippen LogP contribution >= 0.6 is 0 Å². The van der Waals surface area contributed by atoms with E-state index in [0.717, 1.165) is 35.6 Å². The van der Waals surface area contributed by atoms with E-state index in [1.807, 2.05) is 28.7 Å². The van der Waals surface area contributed by atoms with Crippen molar-refractivity contribution in [3.8, 4) is 17.2 Å². The molecule has 4 rings (SSSR count). The van der Waals surface area contributed by atoms with Crippen molar-refractivity contribution in [2.75, 3.05) is 18.0 Å². The number of H-pyrrole nitrogens is 1. The lowest BCUT2D eigenvalue weighted by Crippen LogP contribution is -2.63. The fraction of sp³-hybridized carbons (Fsp3) is 0.429. The van der Waals surface area contributed by atoms with Crippen LogP contribution in [0.3, 0.4) is 0 Å². The maximum absolute atomic E-state index is 12.7. The number of halogens is 3. The van der Waals surface area contributed by atoms with Crippen LogP contribution in [0.15, 0.2) is 24.8 Å². The molecule has 3 aromatic rings. The van der Waals surface area contributed by atoms with E-state index in [9.17, 15) is 23.2 Å². The summed E-state index contributed by atoms with van der Waals surface area (Å²) in [4.78, 5) is 22.0. The Morgan fingerprint density at radius 3 is 2.53 bits per heavy atom. The molecule has 1 amide bonds. The predicted octanol–water partition coefficient (Wildman–Crippen LogP) is 2.49. The number of hydrogen-bond donors (Lipinski definition) is 2. The highest BCUT2D eigenvalue weighted by atomic mass is 19.4. The van der Waals surface area contributed by atoms with Gasteiger partial charge in [-0.2, -0.15) is 28.6 Å². The Balaban J connectivity index is 1.49. The van der Waals surface area contributed by atoms with Crippen LogP contribution in [0.25, 0.3) is 11.1 Å². The summed E-state index contributed by atoms with van der Waals surface area (Å²) in [6.07, 6.45) is 1.63. The minimum absolute atomic E-state index is 0.216. The molecule has 0 aliphatic carbocycles. The van der Waals surface area contributed by atoms with E-state index >= 15 is 0 Å². The van der Waals surface area contributed by atoms with Crippen LogP contribution in [-0.2, 0) is 5.54 Å². The van der Waals surface area contributed by atoms with Crippen LogP contribution in [0, 0.1) is 25.2 Å². The number of amides is 1. The summed E-state index contributed by atoms with van der Waals surface area (Å²) < 4.78 is 39.8. The van der Waals surface area contributed by atoms with Crippen molar-refractivity contribution in [1.29, 1.82) is 5.26 Å². The number of aromatic amines is 1. The smallest absolute Gasteiger partial charge is 0.350 e. The van der Waals surface area contributed by atoms with Gasteiger partial charge >= 0.3 is 6.18 Å². The third kappa shape index (κ3) is 4.07. The second kappa shape index (κ2) is 8.44. The Morgan fingerprint density at radius 2 is 1.97 bits per heavy atom. The largest absolute Gasteiger partial charge is 0.408 e. The zero-order chi connectivity index (χ0) is 24.7. The lowest BCUT2D eigenvalue weighted by molar-refractivity contribution is -0.149. The average Bonchev–Trinajstić information content (AvgIpc) is 3.35. The minimum atomic E-state index is -4.55. The Kier molecular flexibility index (Phi) is 5.76. The van der Waals surface area contributed by atoms with Crippen LogP contribution in [0.2, 0.25) is 0 Å². The molecule has 1 fully saturated rings. The Labute approximate surface area is 192 Å². The minimum Gasteiger partial charge on any atom is -0.350 e. The van der Waals surface area contributed by atoms with Gasteiger partial charge in [0.1, 0.15) is 23.1 Å². The summed E-state index contributed by atoms with van der Waals surface area (Å²) >= 11 is 0. The molecule has 4 heterocycles. The normalized spacial score (nSPS) is 16.0. The number of nitriles is 1. The van der Waals surface area contributed by atoms with Gasteiger partial charge < -0.3 is 10.2 Å². The number of alkyl halides is 3. The quantitative estimate of drug-likeness (QED) is 0.563. The molecule has 0 unspecified atom stereocenters. The maximum Gasteiger partial charge on any atom is 0.408 e. The van der Waals surface area contributed by atoms with Gasteiger partial charge in [0, 0.05) is 35.6 Å². The highest BCUT2D eigenvalue weighted by molar-refractivity contribution is 5.92. The number of nitrogens with zero attached hydrogens (tertiary/aromatic N) is 7. The van der Waals surface area contributed by atoms with E-state index in [4.69, 9.17) is 0 Å². The van der Waals surface area contributed by atoms with Gasteiger partial charge in [-0.25, -0.2) is 9.97 Å². The molecule has 3 aromatic heterocycles. The summed E-state index contributed by atoms with van der Waals surface area (Å²) in [7, 11) is 0. The van der Waals surface area contributed by atoms with Crippen LogP contribution in [-0.4, -0.2) is 61.2 Å². The van der Waals surface area contributed by atoms with Gasteiger partial charge in [-0.05, 0) is 20.8 Å². The molecule has 1 atom stereocenters. The first kappa shape index (κ1) is 23.2. The second-order valence-corrected chi connectivity index (χ2v) is 8.38. The van der Waals surface area contributed by atoms with Crippen LogP contribution in [0.5, 0.6) is 0 Å². The molecule has 34 heavy (non-hydrogen) atoms. The van der Waals surface area contributed by atoms with Gasteiger partial charge in [0.2, 0.25) is 0 Å². The van der Waals surface area contributed by atoms with E-state index < -0.39 is 23.7 Å². The van der Waals surface area contributed by atoms with Crippen molar-refractivity contribution in [3.05, 3.63) is 41.9 Å². The standard InChI is InChI=1S/C21H22F3N9O/c1-12-15(6-28-31-12)16-7-29-33(13(16)2)20(4-5-25)10-32(11-20)18-9-26-17(8-27-18)19(34)30-14(3)21(22,23)24/h6-9,14H,4,10-11H2,1-3H3,(H,28,31)(H,30,34)/t14-/m0/s1. The zero-order valence-corrected chi connectivity index (χ0v) is 18.7. The molecule has 0 radical (unpaired) electrons. The van der Waals surface area contributed by atoms with Gasteiger partial charge in [-0.1, -0.05) is 0 Å². The fourth-order valence-corrected chi connectivity index (χ4v) is 4.02. The van der Waals surface area contributed by atoms with E-state index in [1.54, 1.807) is 12.4 Å². The Morgan fingerprint density at radius 1 is 1.24 bits per heavy atom. The topological polar surface area (TPSA) is 128 Å². The molecule has 1 aliphatic heterocycles. The van der Waals surface area contributed by atoms with E-state index in [2.05, 4.69) is 31.3 Å². The highest BCUT2D eigenvalue weighted by Crippen LogP contribution is 2.37. The number of hydrogen-bond acceptors (Lipinski definition) is 7. The maximum atomic E-state index is 12.7. The van der Waals surface area contributed by atoms with Gasteiger partial charge in [-0.15, -0.1) is 0 Å². The number of aryl methyl sites for hydroxylation is 1. The molecule has 0 bridgehead atoms. The lowest BCUT2D eigenvalue weighted by Gasteiger charge is -2.50. The van der Waals surface area contributed by atoms with Gasteiger partial charge in [-0.3, -0.25) is 14.6 Å².